The number of rotatable bonds is 6. The van der Waals surface area contributed by atoms with Crippen LogP contribution in [0.3, 0.4) is 0 Å². The van der Waals surface area contributed by atoms with Gasteiger partial charge in [0.15, 0.2) is 0 Å². The molecule has 1 aromatic carbocycles. The van der Waals surface area contributed by atoms with Crippen LogP contribution in [0.4, 0.5) is 0 Å². The predicted octanol–water partition coefficient (Wildman–Crippen LogP) is 2.41. The second kappa shape index (κ2) is 9.17. The second-order valence-corrected chi connectivity index (χ2v) is 9.51. The van der Waals surface area contributed by atoms with Crippen LogP contribution in [0.2, 0.25) is 5.02 Å². The van der Waals surface area contributed by atoms with Gasteiger partial charge in [-0.25, -0.2) is 8.42 Å². The molecule has 1 saturated heterocycles. The first kappa shape index (κ1) is 21.2. The summed E-state index contributed by atoms with van der Waals surface area (Å²) in [6, 6.07) is 5.65. The fourth-order valence-electron chi connectivity index (χ4n) is 2.97. The molecular weight excluding hydrogens is 376 g/mol. The first-order chi connectivity index (χ1) is 12.2. The van der Waals surface area contributed by atoms with Crippen LogP contribution in [0, 0.1) is 5.92 Å². The summed E-state index contributed by atoms with van der Waals surface area (Å²) in [5.74, 6) is 0.326. The molecule has 0 aromatic heterocycles. The van der Waals surface area contributed by atoms with Crippen molar-refractivity contribution >= 4 is 27.5 Å². The van der Waals surface area contributed by atoms with E-state index in [-0.39, 0.29) is 17.3 Å². The lowest BCUT2D eigenvalue weighted by Crippen LogP contribution is -2.47. The van der Waals surface area contributed by atoms with Crippen molar-refractivity contribution in [1.29, 1.82) is 0 Å². The Labute approximate surface area is 160 Å². The van der Waals surface area contributed by atoms with E-state index >= 15 is 0 Å². The number of sulfonamides is 1. The summed E-state index contributed by atoms with van der Waals surface area (Å²) in [6.45, 7) is 4.34. The number of carbonyl (C=O) groups excluding carboxylic acids is 1. The number of aliphatic hydroxyl groups is 1. The van der Waals surface area contributed by atoms with Gasteiger partial charge >= 0.3 is 0 Å². The largest absolute Gasteiger partial charge is 0.390 e. The van der Waals surface area contributed by atoms with Crippen molar-refractivity contribution in [3.05, 3.63) is 29.3 Å². The van der Waals surface area contributed by atoms with Crippen molar-refractivity contribution in [3.8, 4) is 0 Å². The fourth-order valence-corrected chi connectivity index (χ4v) is 4.77. The molecule has 2 rings (SSSR count). The molecule has 0 saturated carbocycles. The summed E-state index contributed by atoms with van der Waals surface area (Å²) in [5, 5.41) is 13.7. The highest BCUT2D eigenvalue weighted by atomic mass is 35.5. The van der Waals surface area contributed by atoms with Gasteiger partial charge in [-0.1, -0.05) is 31.5 Å². The molecule has 1 fully saturated rings. The molecule has 146 valence electrons. The van der Waals surface area contributed by atoms with Crippen molar-refractivity contribution in [2.24, 2.45) is 5.92 Å². The number of benzene rings is 1. The standard InChI is InChI=1S/C18H27ClN2O4S/c1-13(2)8-9-18(23)20-16-7-4-10-21(12-17(16)22)26(24,25)15-6-3-5-14(19)11-15/h3,5-6,11,13,16-17,22H,4,7-10,12H2,1-2H3,(H,20,23)/t16?,17-/m0/s1. The minimum Gasteiger partial charge on any atom is -0.390 e. The molecule has 6 nitrogen and oxygen atoms in total. The first-order valence-corrected chi connectivity index (χ1v) is 10.7. The summed E-state index contributed by atoms with van der Waals surface area (Å²) in [7, 11) is -3.74. The summed E-state index contributed by atoms with van der Waals surface area (Å²) in [6.07, 6.45) is 1.34. The quantitative estimate of drug-likeness (QED) is 0.764. The maximum absolute atomic E-state index is 12.8. The van der Waals surface area contributed by atoms with Gasteiger partial charge in [0.2, 0.25) is 15.9 Å². The van der Waals surface area contributed by atoms with Crippen molar-refractivity contribution < 1.29 is 18.3 Å². The van der Waals surface area contributed by atoms with E-state index in [9.17, 15) is 18.3 Å². The number of hydrogen-bond acceptors (Lipinski definition) is 4. The summed E-state index contributed by atoms with van der Waals surface area (Å²) in [4.78, 5) is 12.2. The number of hydrogen-bond donors (Lipinski definition) is 2. The van der Waals surface area contributed by atoms with Gasteiger partial charge in [-0.05, 0) is 43.4 Å². The van der Waals surface area contributed by atoms with Gasteiger partial charge < -0.3 is 10.4 Å². The van der Waals surface area contributed by atoms with Crippen LogP contribution < -0.4 is 5.32 Å². The van der Waals surface area contributed by atoms with Gasteiger partial charge in [0, 0.05) is 24.5 Å². The van der Waals surface area contributed by atoms with Crippen LogP contribution in [0.15, 0.2) is 29.2 Å². The highest BCUT2D eigenvalue weighted by molar-refractivity contribution is 7.89. The molecule has 0 spiro atoms. The Morgan fingerprint density at radius 3 is 2.81 bits per heavy atom. The van der Waals surface area contributed by atoms with E-state index in [0.29, 0.717) is 36.7 Å². The van der Waals surface area contributed by atoms with Crippen molar-refractivity contribution in [1.82, 2.24) is 9.62 Å². The SMILES string of the molecule is CC(C)CCC(=O)NC1CCCN(S(=O)(=O)c2cccc(Cl)c2)C[C@@H]1O. The summed E-state index contributed by atoms with van der Waals surface area (Å²) < 4.78 is 26.9. The highest BCUT2D eigenvalue weighted by Crippen LogP contribution is 2.23. The number of halogens is 1. The average Bonchev–Trinajstić information content (AvgIpc) is 2.75. The molecule has 0 aliphatic carbocycles. The van der Waals surface area contributed by atoms with E-state index in [4.69, 9.17) is 11.6 Å². The number of β-amino-alcohol motifs (C(OH)–C–C–N with tert-alkyl or cyclic N) is 1. The molecular formula is C18H27ClN2O4S. The molecule has 0 radical (unpaired) electrons. The normalized spacial score (nSPS) is 22.2. The van der Waals surface area contributed by atoms with E-state index in [1.54, 1.807) is 12.1 Å². The van der Waals surface area contributed by atoms with E-state index in [0.717, 1.165) is 6.42 Å². The Morgan fingerprint density at radius 2 is 2.15 bits per heavy atom. The van der Waals surface area contributed by atoms with Gasteiger partial charge in [0.05, 0.1) is 17.0 Å². The van der Waals surface area contributed by atoms with E-state index in [1.165, 1.54) is 16.4 Å². The molecule has 26 heavy (non-hydrogen) atoms. The Balaban J connectivity index is 2.04. The van der Waals surface area contributed by atoms with Gasteiger partial charge in [-0.3, -0.25) is 4.79 Å². The molecule has 0 bridgehead atoms. The highest BCUT2D eigenvalue weighted by Gasteiger charge is 2.33. The lowest BCUT2D eigenvalue weighted by Gasteiger charge is -2.25. The molecule has 1 unspecified atom stereocenters. The van der Waals surface area contributed by atoms with Crippen LogP contribution in [-0.2, 0) is 14.8 Å². The van der Waals surface area contributed by atoms with Crippen LogP contribution in [0.25, 0.3) is 0 Å². The predicted molar refractivity (Wildman–Crippen MR) is 101 cm³/mol. The van der Waals surface area contributed by atoms with Crippen molar-refractivity contribution in [2.45, 2.75) is 56.6 Å². The number of nitrogens with zero attached hydrogens (tertiary/aromatic N) is 1. The van der Waals surface area contributed by atoms with Gasteiger partial charge in [0.1, 0.15) is 0 Å². The van der Waals surface area contributed by atoms with Gasteiger partial charge in [-0.15, -0.1) is 0 Å². The third-order valence-electron chi connectivity index (χ3n) is 4.51. The van der Waals surface area contributed by atoms with Crippen LogP contribution in [0.5, 0.6) is 0 Å². The molecule has 8 heteroatoms. The Kier molecular flexibility index (Phi) is 7.46. The van der Waals surface area contributed by atoms with Crippen molar-refractivity contribution in [3.63, 3.8) is 0 Å². The first-order valence-electron chi connectivity index (χ1n) is 8.93. The average molecular weight is 403 g/mol. The fraction of sp³-hybridized carbons (Fsp3) is 0.611. The molecule has 1 aliphatic rings. The Hall–Kier alpha value is -1.15. The molecule has 1 amide bonds. The lowest BCUT2D eigenvalue weighted by molar-refractivity contribution is -0.122. The maximum atomic E-state index is 12.8. The molecule has 2 atom stereocenters. The topological polar surface area (TPSA) is 86.7 Å². The van der Waals surface area contributed by atoms with Crippen LogP contribution in [0.1, 0.15) is 39.5 Å². The van der Waals surface area contributed by atoms with Crippen molar-refractivity contribution in [2.75, 3.05) is 13.1 Å². The lowest BCUT2D eigenvalue weighted by atomic mass is 10.0. The Morgan fingerprint density at radius 1 is 1.42 bits per heavy atom. The molecule has 2 N–H and O–H groups in total. The molecule has 1 aromatic rings. The zero-order valence-electron chi connectivity index (χ0n) is 15.2. The van der Waals surface area contributed by atoms with E-state index < -0.39 is 22.2 Å². The van der Waals surface area contributed by atoms with Crippen LogP contribution in [-0.4, -0.2) is 49.0 Å². The maximum Gasteiger partial charge on any atom is 0.243 e. The number of carbonyl (C=O) groups is 1. The Bertz CT molecular complexity index is 724. The third kappa shape index (κ3) is 5.67. The van der Waals surface area contributed by atoms with E-state index in [1.807, 2.05) is 13.8 Å². The monoisotopic (exact) mass is 402 g/mol. The van der Waals surface area contributed by atoms with E-state index in [2.05, 4.69) is 5.32 Å². The number of amides is 1. The summed E-state index contributed by atoms with van der Waals surface area (Å²) >= 11 is 5.90. The van der Waals surface area contributed by atoms with Gasteiger partial charge in [0.25, 0.3) is 0 Å². The number of nitrogens with one attached hydrogen (secondary N) is 1. The smallest absolute Gasteiger partial charge is 0.243 e. The third-order valence-corrected chi connectivity index (χ3v) is 6.60. The second-order valence-electron chi connectivity index (χ2n) is 7.14. The minimum absolute atomic E-state index is 0.0516. The zero-order valence-corrected chi connectivity index (χ0v) is 16.8. The zero-order chi connectivity index (χ0) is 19.3. The van der Waals surface area contributed by atoms with Gasteiger partial charge in [-0.2, -0.15) is 4.31 Å². The molecule has 1 aliphatic heterocycles. The van der Waals surface area contributed by atoms with Crippen LogP contribution >= 0.6 is 11.6 Å². The minimum atomic E-state index is -3.74. The number of aliphatic hydroxyl groups excluding tert-OH is 1. The summed E-state index contributed by atoms with van der Waals surface area (Å²) in [5.41, 5.74) is 0. The molecule has 1 heterocycles.